The Morgan fingerprint density at radius 3 is 2.69 bits per heavy atom. The van der Waals surface area contributed by atoms with Crippen molar-refractivity contribution in [2.24, 2.45) is 0 Å². The molecule has 0 radical (unpaired) electrons. The normalized spacial score (nSPS) is 10.4. The van der Waals surface area contributed by atoms with E-state index in [-0.39, 0.29) is 18.3 Å². The van der Waals surface area contributed by atoms with Gasteiger partial charge < -0.3 is 25.0 Å². The molecule has 0 aliphatic rings. The zero-order valence-corrected chi connectivity index (χ0v) is 14.4. The van der Waals surface area contributed by atoms with Crippen molar-refractivity contribution in [2.45, 2.75) is 13.2 Å². The Labute approximate surface area is 148 Å². The van der Waals surface area contributed by atoms with Crippen LogP contribution in [0, 0.1) is 0 Å². The van der Waals surface area contributed by atoms with E-state index in [4.69, 9.17) is 4.74 Å². The van der Waals surface area contributed by atoms with Crippen molar-refractivity contribution in [3.05, 3.63) is 30.1 Å². The average Bonchev–Trinajstić information content (AvgIpc) is 2.59. The first-order chi connectivity index (χ1) is 12.4. The van der Waals surface area contributed by atoms with Gasteiger partial charge in [-0.1, -0.05) is 6.07 Å². The molecular formula is C15H18F2N6O3. The van der Waals surface area contributed by atoms with Crippen LogP contribution in [0.1, 0.15) is 5.82 Å². The number of aromatic nitrogens is 3. The van der Waals surface area contributed by atoms with Gasteiger partial charge in [0.25, 0.3) is 0 Å². The Bertz CT molecular complexity index is 760. The molecule has 2 N–H and O–H groups in total. The van der Waals surface area contributed by atoms with Gasteiger partial charge in [0.2, 0.25) is 5.95 Å². The molecule has 0 aliphatic carbocycles. The number of nitrogens with one attached hydrogen (secondary N) is 2. The lowest BCUT2D eigenvalue weighted by Crippen LogP contribution is -2.29. The third-order valence-corrected chi connectivity index (χ3v) is 2.96. The number of halogens is 2. The van der Waals surface area contributed by atoms with Crippen molar-refractivity contribution in [1.29, 1.82) is 0 Å². The Morgan fingerprint density at radius 1 is 1.27 bits per heavy atom. The van der Waals surface area contributed by atoms with Crippen LogP contribution < -0.4 is 25.0 Å². The molecule has 1 aromatic heterocycles. The third kappa shape index (κ3) is 5.69. The molecule has 0 unspecified atom stereocenters. The number of carbonyl (C=O) groups excluding carboxylic acids is 1. The van der Waals surface area contributed by atoms with Crippen LogP contribution in [0.2, 0.25) is 0 Å². The summed E-state index contributed by atoms with van der Waals surface area (Å²) in [6.45, 7) is -2.93. The Morgan fingerprint density at radius 2 is 2.04 bits per heavy atom. The minimum absolute atomic E-state index is 0.0127. The molecule has 0 aliphatic heterocycles. The van der Waals surface area contributed by atoms with Crippen LogP contribution in [0.5, 0.6) is 11.8 Å². The molecule has 2 aromatic rings. The van der Waals surface area contributed by atoms with Gasteiger partial charge in [-0.15, -0.1) is 0 Å². The number of carbonyl (C=O) groups is 1. The predicted octanol–water partition coefficient (Wildman–Crippen LogP) is 1.87. The lowest BCUT2D eigenvalue weighted by Gasteiger charge is -2.13. The van der Waals surface area contributed by atoms with Crippen molar-refractivity contribution < 1.29 is 23.0 Å². The Kier molecular flexibility index (Phi) is 6.42. The first-order valence-electron chi connectivity index (χ1n) is 7.43. The van der Waals surface area contributed by atoms with Gasteiger partial charge >= 0.3 is 18.7 Å². The van der Waals surface area contributed by atoms with E-state index in [1.54, 1.807) is 19.0 Å². The maximum atomic E-state index is 12.2. The molecule has 2 rings (SSSR count). The van der Waals surface area contributed by atoms with Crippen LogP contribution in [0.3, 0.4) is 0 Å². The highest BCUT2D eigenvalue weighted by atomic mass is 19.3. The van der Waals surface area contributed by atoms with Crippen LogP contribution in [0.4, 0.5) is 25.2 Å². The highest BCUT2D eigenvalue weighted by molar-refractivity contribution is 5.89. The summed E-state index contributed by atoms with van der Waals surface area (Å²) in [5.74, 6) is 0.618. The molecule has 2 amide bonds. The largest absolute Gasteiger partial charge is 0.467 e. The van der Waals surface area contributed by atoms with Gasteiger partial charge in [0, 0.05) is 25.8 Å². The number of ether oxygens (including phenoxy) is 2. The summed E-state index contributed by atoms with van der Waals surface area (Å²) in [4.78, 5) is 25.9. The fourth-order valence-corrected chi connectivity index (χ4v) is 1.84. The number of benzene rings is 1. The standard InChI is InChI=1S/C15H18F2N6O3/c1-23(2)13-20-11(21-15(22-13)25-3)8-18-14(24)19-9-5-4-6-10(7-9)26-12(16)17/h4-7,12H,8H2,1-3H3,(H2,18,19,24). The summed E-state index contributed by atoms with van der Waals surface area (Å²) in [5, 5.41) is 5.06. The molecule has 0 saturated carbocycles. The number of nitrogens with zero attached hydrogens (tertiary/aromatic N) is 4. The summed E-state index contributed by atoms with van der Waals surface area (Å²) in [5.41, 5.74) is 0.294. The van der Waals surface area contributed by atoms with Gasteiger partial charge in [-0.05, 0) is 12.1 Å². The van der Waals surface area contributed by atoms with Crippen molar-refractivity contribution in [3.8, 4) is 11.8 Å². The minimum Gasteiger partial charge on any atom is -0.467 e. The highest BCUT2D eigenvalue weighted by Gasteiger charge is 2.10. The molecule has 1 heterocycles. The second kappa shape index (κ2) is 8.74. The van der Waals surface area contributed by atoms with Gasteiger partial charge in [-0.2, -0.15) is 23.7 Å². The van der Waals surface area contributed by atoms with Crippen LogP contribution in [0.25, 0.3) is 0 Å². The zero-order chi connectivity index (χ0) is 19.1. The number of amides is 2. The average molecular weight is 368 g/mol. The lowest BCUT2D eigenvalue weighted by atomic mass is 10.3. The van der Waals surface area contributed by atoms with Crippen LogP contribution in [-0.4, -0.2) is 48.8 Å². The number of hydrogen-bond donors (Lipinski definition) is 2. The fourth-order valence-electron chi connectivity index (χ4n) is 1.84. The molecule has 1 aromatic carbocycles. The molecule has 0 atom stereocenters. The number of rotatable bonds is 7. The van der Waals surface area contributed by atoms with Crippen LogP contribution in [0.15, 0.2) is 24.3 Å². The summed E-state index contributed by atoms with van der Waals surface area (Å²) < 4.78 is 33.7. The number of methoxy groups -OCH3 is 1. The van der Waals surface area contributed by atoms with E-state index in [0.29, 0.717) is 17.5 Å². The maximum absolute atomic E-state index is 12.2. The SMILES string of the molecule is COc1nc(CNC(=O)Nc2cccc(OC(F)F)c2)nc(N(C)C)n1. The first kappa shape index (κ1) is 19.1. The summed E-state index contributed by atoms with van der Waals surface area (Å²) in [7, 11) is 4.94. The Balaban J connectivity index is 1.98. The van der Waals surface area contributed by atoms with Gasteiger partial charge in [-0.25, -0.2) is 4.79 Å². The highest BCUT2D eigenvalue weighted by Crippen LogP contribution is 2.19. The summed E-state index contributed by atoms with van der Waals surface area (Å²) in [6.07, 6.45) is 0. The summed E-state index contributed by atoms with van der Waals surface area (Å²) >= 11 is 0. The van der Waals surface area contributed by atoms with Gasteiger partial charge in [0.05, 0.1) is 13.7 Å². The second-order valence-electron chi connectivity index (χ2n) is 5.15. The van der Waals surface area contributed by atoms with E-state index in [9.17, 15) is 13.6 Å². The number of alkyl halides is 2. The Hall–Kier alpha value is -3.24. The van der Waals surface area contributed by atoms with E-state index in [1.807, 2.05) is 0 Å². The molecule has 11 heteroatoms. The minimum atomic E-state index is -2.94. The van der Waals surface area contributed by atoms with E-state index in [1.165, 1.54) is 31.4 Å². The van der Waals surface area contributed by atoms with Gasteiger partial charge in [-0.3, -0.25) is 0 Å². The van der Waals surface area contributed by atoms with E-state index >= 15 is 0 Å². The maximum Gasteiger partial charge on any atom is 0.387 e. The third-order valence-electron chi connectivity index (χ3n) is 2.96. The smallest absolute Gasteiger partial charge is 0.387 e. The fraction of sp³-hybridized carbons (Fsp3) is 0.333. The number of hydrogen-bond acceptors (Lipinski definition) is 7. The van der Waals surface area contributed by atoms with Gasteiger partial charge in [0.15, 0.2) is 5.82 Å². The second-order valence-corrected chi connectivity index (χ2v) is 5.15. The first-order valence-corrected chi connectivity index (χ1v) is 7.43. The summed E-state index contributed by atoms with van der Waals surface area (Å²) in [6, 6.07) is 5.21. The molecular weight excluding hydrogens is 350 g/mol. The van der Waals surface area contributed by atoms with Crippen molar-refractivity contribution in [1.82, 2.24) is 20.3 Å². The van der Waals surface area contributed by atoms with Crippen LogP contribution >= 0.6 is 0 Å². The van der Waals surface area contributed by atoms with Crippen LogP contribution in [-0.2, 0) is 6.54 Å². The topological polar surface area (TPSA) is 102 Å². The molecule has 0 saturated heterocycles. The van der Waals surface area contributed by atoms with Crippen molar-refractivity contribution in [2.75, 3.05) is 31.4 Å². The molecule has 0 fully saturated rings. The lowest BCUT2D eigenvalue weighted by molar-refractivity contribution is -0.0497. The number of anilines is 2. The van der Waals surface area contributed by atoms with Crippen molar-refractivity contribution >= 4 is 17.7 Å². The molecule has 0 bridgehead atoms. The molecule has 140 valence electrons. The quantitative estimate of drug-likeness (QED) is 0.769. The predicted molar refractivity (Wildman–Crippen MR) is 89.6 cm³/mol. The van der Waals surface area contributed by atoms with E-state index < -0.39 is 12.6 Å². The monoisotopic (exact) mass is 368 g/mol. The van der Waals surface area contributed by atoms with E-state index in [2.05, 4.69) is 30.3 Å². The molecule has 26 heavy (non-hydrogen) atoms. The molecule has 0 spiro atoms. The van der Waals surface area contributed by atoms with Crippen molar-refractivity contribution in [3.63, 3.8) is 0 Å². The zero-order valence-electron chi connectivity index (χ0n) is 14.4. The molecule has 9 nitrogen and oxygen atoms in total. The van der Waals surface area contributed by atoms with Gasteiger partial charge in [0.1, 0.15) is 5.75 Å². The van der Waals surface area contributed by atoms with E-state index in [0.717, 1.165) is 0 Å². The number of urea groups is 1.